The molecule has 1 fully saturated rings. The molecule has 0 spiro atoms. The van der Waals surface area contributed by atoms with Crippen LogP contribution in [0.1, 0.15) is 23.3 Å². The second-order valence-electron chi connectivity index (χ2n) is 5.86. The molecule has 0 saturated heterocycles. The molecule has 114 valence electrons. The monoisotopic (exact) mass is 303 g/mol. The Morgan fingerprint density at radius 1 is 0.957 bits per heavy atom. The summed E-state index contributed by atoms with van der Waals surface area (Å²) in [4.78, 5) is 12.0. The second-order valence-corrected chi connectivity index (χ2v) is 5.86. The third-order valence-corrected chi connectivity index (χ3v) is 4.02. The van der Waals surface area contributed by atoms with Gasteiger partial charge in [0.25, 0.3) is 5.91 Å². The van der Waals surface area contributed by atoms with Crippen molar-refractivity contribution in [3.05, 3.63) is 66.4 Å². The lowest BCUT2D eigenvalue weighted by molar-refractivity contribution is 0.0946. The molecule has 1 saturated carbocycles. The van der Waals surface area contributed by atoms with Crippen molar-refractivity contribution in [3.8, 4) is 22.4 Å². The van der Waals surface area contributed by atoms with Gasteiger partial charge < -0.3 is 5.32 Å². The lowest BCUT2D eigenvalue weighted by Crippen LogP contribution is -2.25. The summed E-state index contributed by atoms with van der Waals surface area (Å²) in [5.74, 6) is -0.0767. The van der Waals surface area contributed by atoms with Crippen LogP contribution in [0.2, 0.25) is 0 Å². The first kappa shape index (κ1) is 13.8. The molecule has 1 heterocycles. The molecule has 1 aliphatic rings. The zero-order valence-electron chi connectivity index (χ0n) is 12.6. The maximum absolute atomic E-state index is 12.0. The Hall–Kier alpha value is -2.88. The van der Waals surface area contributed by atoms with Gasteiger partial charge in [-0.3, -0.25) is 9.89 Å². The molecule has 4 nitrogen and oxygen atoms in total. The number of aromatic nitrogens is 2. The molecule has 4 heteroatoms. The third kappa shape index (κ3) is 3.01. The van der Waals surface area contributed by atoms with Crippen LogP contribution in [0.15, 0.2) is 60.7 Å². The van der Waals surface area contributed by atoms with Crippen molar-refractivity contribution in [1.29, 1.82) is 0 Å². The summed E-state index contributed by atoms with van der Waals surface area (Å²) in [5, 5.41) is 10.0. The normalized spacial score (nSPS) is 13.7. The van der Waals surface area contributed by atoms with Gasteiger partial charge in [-0.2, -0.15) is 5.10 Å². The summed E-state index contributed by atoms with van der Waals surface area (Å²) in [5.41, 5.74) is 4.64. The van der Waals surface area contributed by atoms with Crippen LogP contribution in [0.4, 0.5) is 0 Å². The van der Waals surface area contributed by atoms with Crippen molar-refractivity contribution >= 4 is 5.91 Å². The van der Waals surface area contributed by atoms with E-state index in [0.717, 1.165) is 29.7 Å². The van der Waals surface area contributed by atoms with Gasteiger partial charge in [-0.25, -0.2) is 0 Å². The molecule has 0 atom stereocenters. The molecular formula is C19H17N3O. The molecule has 0 bridgehead atoms. The van der Waals surface area contributed by atoms with E-state index in [1.165, 1.54) is 5.56 Å². The van der Waals surface area contributed by atoms with Crippen molar-refractivity contribution in [2.45, 2.75) is 18.9 Å². The fourth-order valence-electron chi connectivity index (χ4n) is 2.54. The summed E-state index contributed by atoms with van der Waals surface area (Å²) in [6, 6.07) is 20.6. The van der Waals surface area contributed by atoms with Crippen LogP contribution in [-0.2, 0) is 0 Å². The van der Waals surface area contributed by atoms with Gasteiger partial charge >= 0.3 is 0 Å². The molecule has 1 amide bonds. The second kappa shape index (κ2) is 5.72. The molecular weight excluding hydrogens is 286 g/mol. The number of hydrogen-bond acceptors (Lipinski definition) is 2. The first-order valence-electron chi connectivity index (χ1n) is 7.82. The molecule has 0 radical (unpaired) electrons. The minimum Gasteiger partial charge on any atom is -0.348 e. The van der Waals surface area contributed by atoms with Gasteiger partial charge in [0.15, 0.2) is 0 Å². The van der Waals surface area contributed by atoms with Crippen molar-refractivity contribution in [3.63, 3.8) is 0 Å². The molecule has 4 rings (SSSR count). The minimum atomic E-state index is -0.0767. The van der Waals surface area contributed by atoms with Gasteiger partial charge in [0.05, 0.1) is 5.69 Å². The van der Waals surface area contributed by atoms with Crippen LogP contribution in [0.25, 0.3) is 22.4 Å². The first-order chi connectivity index (χ1) is 11.3. The van der Waals surface area contributed by atoms with Crippen LogP contribution in [-0.4, -0.2) is 22.1 Å². The fourth-order valence-corrected chi connectivity index (χ4v) is 2.54. The zero-order chi connectivity index (χ0) is 15.6. The average Bonchev–Trinajstić information content (AvgIpc) is 3.27. The smallest absolute Gasteiger partial charge is 0.269 e. The molecule has 2 N–H and O–H groups in total. The maximum atomic E-state index is 12.0. The summed E-state index contributed by atoms with van der Waals surface area (Å²) in [7, 11) is 0. The number of H-pyrrole nitrogens is 1. The van der Waals surface area contributed by atoms with E-state index in [-0.39, 0.29) is 5.91 Å². The highest BCUT2D eigenvalue weighted by molar-refractivity contribution is 5.93. The topological polar surface area (TPSA) is 57.8 Å². The highest BCUT2D eigenvalue weighted by Crippen LogP contribution is 2.24. The highest BCUT2D eigenvalue weighted by Gasteiger charge is 2.24. The summed E-state index contributed by atoms with van der Waals surface area (Å²) < 4.78 is 0. The van der Waals surface area contributed by atoms with E-state index >= 15 is 0 Å². The quantitative estimate of drug-likeness (QED) is 0.773. The van der Waals surface area contributed by atoms with Crippen LogP contribution in [0, 0.1) is 0 Å². The van der Waals surface area contributed by atoms with E-state index in [2.05, 4.69) is 39.8 Å². The van der Waals surface area contributed by atoms with E-state index in [0.29, 0.717) is 11.7 Å². The molecule has 0 unspecified atom stereocenters. The summed E-state index contributed by atoms with van der Waals surface area (Å²) in [6.45, 7) is 0. The Balaban J connectivity index is 1.54. The molecule has 23 heavy (non-hydrogen) atoms. The number of rotatable bonds is 4. The number of benzene rings is 2. The standard InChI is InChI=1S/C19H17N3O/c23-19(20-16-10-11-16)18-12-17(21-22-18)15-8-6-14(7-9-15)13-4-2-1-3-5-13/h1-9,12,16H,10-11H2,(H,20,23)(H,21,22). The Morgan fingerprint density at radius 2 is 1.61 bits per heavy atom. The van der Waals surface area contributed by atoms with E-state index in [4.69, 9.17) is 0 Å². The number of aromatic amines is 1. The van der Waals surface area contributed by atoms with Gasteiger partial charge in [0.1, 0.15) is 5.69 Å². The number of amides is 1. The summed E-state index contributed by atoms with van der Waals surface area (Å²) >= 11 is 0. The number of carbonyl (C=O) groups excluding carboxylic acids is 1. The fraction of sp³-hybridized carbons (Fsp3) is 0.158. The van der Waals surface area contributed by atoms with Gasteiger partial charge in [-0.15, -0.1) is 0 Å². The van der Waals surface area contributed by atoms with Crippen LogP contribution < -0.4 is 5.32 Å². The van der Waals surface area contributed by atoms with Crippen LogP contribution in [0.3, 0.4) is 0 Å². The molecule has 0 aliphatic heterocycles. The van der Waals surface area contributed by atoms with Crippen molar-refractivity contribution < 1.29 is 4.79 Å². The van der Waals surface area contributed by atoms with Crippen molar-refractivity contribution in [2.75, 3.05) is 0 Å². The molecule has 1 aromatic heterocycles. The van der Waals surface area contributed by atoms with E-state index in [1.54, 1.807) is 6.07 Å². The van der Waals surface area contributed by atoms with Crippen molar-refractivity contribution in [2.24, 2.45) is 0 Å². The van der Waals surface area contributed by atoms with Crippen LogP contribution in [0.5, 0.6) is 0 Å². The average molecular weight is 303 g/mol. The lowest BCUT2D eigenvalue weighted by atomic mass is 10.0. The summed E-state index contributed by atoms with van der Waals surface area (Å²) in [6.07, 6.45) is 2.15. The van der Waals surface area contributed by atoms with E-state index in [9.17, 15) is 4.79 Å². The number of nitrogens with one attached hydrogen (secondary N) is 2. The first-order valence-corrected chi connectivity index (χ1v) is 7.82. The number of hydrogen-bond donors (Lipinski definition) is 2. The molecule has 2 aromatic carbocycles. The number of carbonyl (C=O) groups is 1. The Kier molecular flexibility index (Phi) is 3.42. The molecule has 1 aliphatic carbocycles. The predicted octanol–water partition coefficient (Wildman–Crippen LogP) is 3.64. The van der Waals surface area contributed by atoms with Gasteiger partial charge in [-0.05, 0) is 30.0 Å². The highest BCUT2D eigenvalue weighted by atomic mass is 16.2. The van der Waals surface area contributed by atoms with Gasteiger partial charge in [0.2, 0.25) is 0 Å². The largest absolute Gasteiger partial charge is 0.348 e. The SMILES string of the molecule is O=C(NC1CC1)c1cc(-c2ccc(-c3ccccc3)cc2)n[nH]1. The zero-order valence-corrected chi connectivity index (χ0v) is 12.6. The minimum absolute atomic E-state index is 0.0767. The number of nitrogens with zero attached hydrogens (tertiary/aromatic N) is 1. The Bertz CT molecular complexity index is 817. The predicted molar refractivity (Wildman–Crippen MR) is 89.9 cm³/mol. The maximum Gasteiger partial charge on any atom is 0.269 e. The molecule has 3 aromatic rings. The Labute approximate surface area is 134 Å². The van der Waals surface area contributed by atoms with Gasteiger partial charge in [-0.1, -0.05) is 54.6 Å². The third-order valence-electron chi connectivity index (χ3n) is 4.02. The van der Waals surface area contributed by atoms with E-state index in [1.807, 2.05) is 30.3 Å². The van der Waals surface area contributed by atoms with Crippen LogP contribution >= 0.6 is 0 Å². The van der Waals surface area contributed by atoms with Gasteiger partial charge in [0, 0.05) is 11.6 Å². The Morgan fingerprint density at radius 3 is 2.30 bits per heavy atom. The lowest BCUT2D eigenvalue weighted by Gasteiger charge is -2.02. The van der Waals surface area contributed by atoms with Crippen molar-refractivity contribution in [1.82, 2.24) is 15.5 Å². The van der Waals surface area contributed by atoms with E-state index < -0.39 is 0 Å².